The predicted octanol–water partition coefficient (Wildman–Crippen LogP) is 2.65. The maximum atomic E-state index is 13.9. The Morgan fingerprint density at radius 3 is 2.90 bits per heavy atom. The van der Waals surface area contributed by atoms with Crippen molar-refractivity contribution in [2.75, 3.05) is 26.7 Å². The molecule has 160 valence electrons. The summed E-state index contributed by atoms with van der Waals surface area (Å²) in [7, 11) is 1.57. The second-order valence-corrected chi connectivity index (χ2v) is 7.85. The molecule has 1 aromatic heterocycles. The van der Waals surface area contributed by atoms with Crippen LogP contribution in [-0.4, -0.2) is 48.6 Å². The molecule has 0 radical (unpaired) electrons. The summed E-state index contributed by atoms with van der Waals surface area (Å²) in [6.07, 6.45) is -0.408. The van der Waals surface area contributed by atoms with Crippen LogP contribution in [0.5, 0.6) is 0 Å². The molecule has 2 heterocycles. The smallest absolute Gasteiger partial charge is 0.408 e. The number of aromatic nitrogens is 1. The molecule has 1 fully saturated rings. The third-order valence-electron chi connectivity index (χ3n) is 5.85. The predicted molar refractivity (Wildman–Crippen MR) is 113 cm³/mol. The fourth-order valence-corrected chi connectivity index (χ4v) is 4.36. The molecule has 1 amide bonds. The van der Waals surface area contributed by atoms with Crippen LogP contribution in [0.15, 0.2) is 51.7 Å². The quantitative estimate of drug-likeness (QED) is 0.636. The molecular formula is C23H23FN4O3. The first-order valence-electron chi connectivity index (χ1n) is 10.2. The number of hydrogen-bond acceptors (Lipinski definition) is 5. The summed E-state index contributed by atoms with van der Waals surface area (Å²) in [5.41, 5.74) is 2.94. The summed E-state index contributed by atoms with van der Waals surface area (Å²) < 4.78 is 18.9. The van der Waals surface area contributed by atoms with E-state index in [-0.39, 0.29) is 11.8 Å². The monoisotopic (exact) mass is 422 g/mol. The minimum absolute atomic E-state index is 0.200. The number of alkyl halides is 1. The first-order valence-corrected chi connectivity index (χ1v) is 10.2. The Morgan fingerprint density at radius 2 is 2.19 bits per heavy atom. The molecule has 2 aromatic carbocycles. The highest BCUT2D eigenvalue weighted by atomic mass is 19.1. The molecule has 0 spiro atoms. The van der Waals surface area contributed by atoms with Crippen molar-refractivity contribution in [1.82, 2.24) is 15.2 Å². The average Bonchev–Trinajstić information content (AvgIpc) is 3.36. The molecule has 0 bridgehead atoms. The van der Waals surface area contributed by atoms with Gasteiger partial charge >= 0.3 is 5.76 Å². The lowest BCUT2D eigenvalue weighted by Crippen LogP contribution is -2.36. The van der Waals surface area contributed by atoms with E-state index in [0.29, 0.717) is 48.3 Å². The normalized spacial score (nSPS) is 18.5. The summed E-state index contributed by atoms with van der Waals surface area (Å²) in [5, 5.41) is 12.1. The second kappa shape index (κ2) is 8.74. The minimum atomic E-state index is -0.878. The van der Waals surface area contributed by atoms with Crippen molar-refractivity contribution < 1.29 is 13.6 Å². The largest absolute Gasteiger partial charge is 0.417 e. The number of nitrogens with zero attached hydrogens (tertiary/aromatic N) is 2. The highest BCUT2D eigenvalue weighted by Crippen LogP contribution is 2.36. The molecule has 1 aliphatic rings. The first-order chi connectivity index (χ1) is 15.0. The zero-order valence-corrected chi connectivity index (χ0v) is 17.1. The molecule has 7 nitrogen and oxygen atoms in total. The van der Waals surface area contributed by atoms with Gasteiger partial charge in [0.05, 0.1) is 23.1 Å². The number of nitriles is 1. The number of likely N-dealkylation sites (tertiary alicyclic amines) is 1. The van der Waals surface area contributed by atoms with E-state index in [1.807, 2.05) is 11.0 Å². The van der Waals surface area contributed by atoms with E-state index < -0.39 is 17.8 Å². The first kappa shape index (κ1) is 20.8. The number of H-pyrrole nitrogens is 1. The van der Waals surface area contributed by atoms with E-state index in [1.54, 1.807) is 43.4 Å². The van der Waals surface area contributed by atoms with Gasteiger partial charge in [-0.1, -0.05) is 18.2 Å². The number of benzene rings is 2. The molecule has 8 heteroatoms. The number of nitrogens with one attached hydrogen (secondary N) is 2. The number of hydrogen-bond donors (Lipinski definition) is 2. The Balaban J connectivity index is 1.80. The number of carbonyl (C=O) groups is 1. The number of oxazole rings is 1. The summed E-state index contributed by atoms with van der Waals surface area (Å²) >= 11 is 0. The van der Waals surface area contributed by atoms with Crippen LogP contribution >= 0.6 is 0 Å². The van der Waals surface area contributed by atoms with E-state index in [4.69, 9.17) is 4.42 Å². The van der Waals surface area contributed by atoms with Gasteiger partial charge in [-0.15, -0.1) is 0 Å². The van der Waals surface area contributed by atoms with Gasteiger partial charge in [-0.05, 0) is 41.8 Å². The Bertz CT molecular complexity index is 1200. The number of rotatable bonds is 6. The van der Waals surface area contributed by atoms with Crippen LogP contribution in [0, 0.1) is 11.3 Å². The van der Waals surface area contributed by atoms with Gasteiger partial charge in [0.15, 0.2) is 5.58 Å². The molecular weight excluding hydrogens is 399 g/mol. The SMILES string of the molecule is CNC(=O)C(c1ccc2oc(=O)[nH]c2c1)[C@H](CN1CC[C@H](F)C1)c1cccc(C#N)c1. The highest BCUT2D eigenvalue weighted by Gasteiger charge is 2.34. The van der Waals surface area contributed by atoms with E-state index in [9.17, 15) is 19.2 Å². The van der Waals surface area contributed by atoms with Crippen molar-refractivity contribution in [1.29, 1.82) is 5.26 Å². The van der Waals surface area contributed by atoms with Crippen LogP contribution < -0.4 is 11.1 Å². The van der Waals surface area contributed by atoms with Crippen LogP contribution in [0.25, 0.3) is 11.1 Å². The minimum Gasteiger partial charge on any atom is -0.408 e. The molecule has 1 unspecified atom stereocenters. The molecule has 0 saturated carbocycles. The zero-order valence-electron chi connectivity index (χ0n) is 17.1. The molecule has 3 atom stereocenters. The van der Waals surface area contributed by atoms with Crippen LogP contribution in [0.1, 0.15) is 34.9 Å². The summed E-state index contributed by atoms with van der Waals surface area (Å²) in [5.74, 6) is -1.70. The van der Waals surface area contributed by atoms with E-state index in [1.165, 1.54) is 0 Å². The lowest BCUT2D eigenvalue weighted by Gasteiger charge is -2.30. The van der Waals surface area contributed by atoms with Gasteiger partial charge in [-0.25, -0.2) is 9.18 Å². The van der Waals surface area contributed by atoms with Gasteiger partial charge in [0.2, 0.25) is 5.91 Å². The fourth-order valence-electron chi connectivity index (χ4n) is 4.36. The fraction of sp³-hybridized carbons (Fsp3) is 0.348. The molecule has 31 heavy (non-hydrogen) atoms. The lowest BCUT2D eigenvalue weighted by molar-refractivity contribution is -0.122. The third-order valence-corrected chi connectivity index (χ3v) is 5.85. The third kappa shape index (κ3) is 4.37. The van der Waals surface area contributed by atoms with Crippen LogP contribution in [0.2, 0.25) is 0 Å². The number of halogens is 1. The maximum Gasteiger partial charge on any atom is 0.417 e. The highest BCUT2D eigenvalue weighted by molar-refractivity contribution is 5.86. The van der Waals surface area contributed by atoms with Gasteiger partial charge in [-0.3, -0.25) is 14.7 Å². The summed E-state index contributed by atoms with van der Waals surface area (Å²) in [6.45, 7) is 1.40. The van der Waals surface area contributed by atoms with Crippen LogP contribution in [0.3, 0.4) is 0 Å². The van der Waals surface area contributed by atoms with Crippen LogP contribution in [-0.2, 0) is 4.79 Å². The summed E-state index contributed by atoms with van der Waals surface area (Å²) in [6, 6.07) is 14.5. The van der Waals surface area contributed by atoms with Gasteiger partial charge < -0.3 is 9.73 Å². The van der Waals surface area contributed by atoms with Crippen molar-refractivity contribution in [3.8, 4) is 6.07 Å². The van der Waals surface area contributed by atoms with Crippen molar-refractivity contribution in [3.05, 3.63) is 69.7 Å². The second-order valence-electron chi connectivity index (χ2n) is 7.85. The number of fused-ring (bicyclic) bond motifs is 1. The van der Waals surface area contributed by atoms with E-state index in [0.717, 1.165) is 5.56 Å². The van der Waals surface area contributed by atoms with Gasteiger partial charge in [0.25, 0.3) is 0 Å². The number of amides is 1. The maximum absolute atomic E-state index is 13.9. The molecule has 2 N–H and O–H groups in total. The van der Waals surface area contributed by atoms with E-state index >= 15 is 0 Å². The molecule has 1 saturated heterocycles. The van der Waals surface area contributed by atoms with Crippen molar-refractivity contribution in [2.24, 2.45) is 0 Å². The Kier molecular flexibility index (Phi) is 5.87. The topological polar surface area (TPSA) is 102 Å². The molecule has 4 rings (SSSR count). The molecule has 3 aromatic rings. The van der Waals surface area contributed by atoms with Crippen LogP contribution in [0.4, 0.5) is 4.39 Å². The standard InChI is InChI=1S/C23H23FN4O3/c1-26-22(29)21(16-5-6-20-19(10-16)27-23(30)31-20)18(13-28-8-7-17(24)12-28)15-4-2-3-14(9-15)11-25/h2-6,9-10,17-18,21H,7-8,12-13H2,1H3,(H,26,29)(H,27,30)/t17-,18+,21?/m0/s1. The molecule has 1 aliphatic heterocycles. The number of aromatic amines is 1. The van der Waals surface area contributed by atoms with E-state index in [2.05, 4.69) is 16.4 Å². The van der Waals surface area contributed by atoms with Crippen molar-refractivity contribution in [2.45, 2.75) is 24.4 Å². The van der Waals surface area contributed by atoms with Crippen molar-refractivity contribution in [3.63, 3.8) is 0 Å². The Hall–Kier alpha value is -3.44. The molecule has 0 aliphatic carbocycles. The summed E-state index contributed by atoms with van der Waals surface area (Å²) in [4.78, 5) is 29.3. The van der Waals surface area contributed by atoms with Crippen molar-refractivity contribution >= 4 is 17.0 Å². The van der Waals surface area contributed by atoms with Gasteiger partial charge in [-0.2, -0.15) is 5.26 Å². The Labute approximate surface area is 178 Å². The lowest BCUT2D eigenvalue weighted by atomic mass is 9.79. The Morgan fingerprint density at radius 1 is 1.35 bits per heavy atom. The zero-order chi connectivity index (χ0) is 22.0. The van der Waals surface area contributed by atoms with Gasteiger partial charge in [0.1, 0.15) is 6.17 Å². The number of carbonyl (C=O) groups excluding carboxylic acids is 1. The average molecular weight is 422 g/mol. The number of likely N-dealkylation sites (N-methyl/N-ethyl adjacent to an activating group) is 1. The van der Waals surface area contributed by atoms with Gasteiger partial charge in [0, 0.05) is 32.6 Å².